The largest absolute Gasteiger partial charge is 0.352 e. The molecule has 1 saturated heterocycles. The molecule has 1 aliphatic heterocycles. The van der Waals surface area contributed by atoms with Gasteiger partial charge < -0.3 is 5.32 Å². The number of thiophene rings is 2. The number of hydrogen-bond acceptors (Lipinski definition) is 5. The molecule has 1 fully saturated rings. The lowest BCUT2D eigenvalue weighted by atomic mass is 10.0. The molecule has 6 heteroatoms. The number of likely N-dealkylation sites (tertiary alicyclic amines) is 1. The maximum Gasteiger partial charge on any atom is 0.224 e. The number of carbonyl (C=O) groups is 2. The van der Waals surface area contributed by atoms with Crippen molar-refractivity contribution in [3.8, 4) is 0 Å². The first-order valence-corrected chi connectivity index (χ1v) is 9.98. The fraction of sp³-hybridized carbons (Fsp3) is 0.444. The first-order valence-electron chi connectivity index (χ1n) is 8.22. The minimum Gasteiger partial charge on any atom is -0.352 e. The molecular formula is C18H22N2O2S2. The number of amides is 1. The second kappa shape index (κ2) is 8.05. The van der Waals surface area contributed by atoms with Gasteiger partial charge in [0.25, 0.3) is 0 Å². The molecule has 3 heterocycles. The summed E-state index contributed by atoms with van der Waals surface area (Å²) < 4.78 is 0. The second-order valence-corrected chi connectivity index (χ2v) is 8.22. The van der Waals surface area contributed by atoms with Crippen molar-refractivity contribution in [2.45, 2.75) is 38.8 Å². The van der Waals surface area contributed by atoms with Crippen molar-refractivity contribution in [3.05, 3.63) is 44.3 Å². The lowest BCUT2D eigenvalue weighted by molar-refractivity contribution is -0.121. The third-order valence-electron chi connectivity index (χ3n) is 4.20. The van der Waals surface area contributed by atoms with Crippen LogP contribution in [-0.2, 0) is 17.8 Å². The van der Waals surface area contributed by atoms with Crippen LogP contribution >= 0.6 is 22.7 Å². The van der Waals surface area contributed by atoms with Crippen LogP contribution in [0.5, 0.6) is 0 Å². The summed E-state index contributed by atoms with van der Waals surface area (Å²) in [6, 6.07) is 6.29. The Morgan fingerprint density at radius 2 is 2.25 bits per heavy atom. The Bertz CT molecular complexity index is 694. The second-order valence-electron chi connectivity index (χ2n) is 6.27. The lowest BCUT2D eigenvalue weighted by Gasteiger charge is -2.32. The van der Waals surface area contributed by atoms with Crippen LogP contribution in [0.4, 0.5) is 0 Å². The molecule has 4 nitrogen and oxygen atoms in total. The lowest BCUT2D eigenvalue weighted by Crippen LogP contribution is -2.47. The maximum absolute atomic E-state index is 12.3. The minimum atomic E-state index is 0.0471. The molecule has 128 valence electrons. The van der Waals surface area contributed by atoms with Crippen LogP contribution in [0.15, 0.2) is 29.0 Å². The van der Waals surface area contributed by atoms with Crippen LogP contribution in [0.1, 0.15) is 39.9 Å². The highest BCUT2D eigenvalue weighted by Crippen LogP contribution is 2.18. The van der Waals surface area contributed by atoms with Gasteiger partial charge in [-0.25, -0.2) is 0 Å². The predicted molar refractivity (Wildman–Crippen MR) is 98.8 cm³/mol. The summed E-state index contributed by atoms with van der Waals surface area (Å²) in [6.45, 7) is 4.53. The predicted octanol–water partition coefficient (Wildman–Crippen LogP) is 3.34. The van der Waals surface area contributed by atoms with E-state index in [2.05, 4.69) is 27.7 Å². The fourth-order valence-electron chi connectivity index (χ4n) is 3.06. The Balaban J connectivity index is 1.49. The standard InChI is InChI=1S/C18H22N2O2S2/c1-13(21)17-8-14(12-24-17)9-18(22)19-15-4-2-6-20(10-15)11-16-5-3-7-23-16/h3,5,7-8,12,15H,2,4,6,9-11H2,1H3,(H,19,22). The van der Waals surface area contributed by atoms with Crippen molar-refractivity contribution in [1.82, 2.24) is 10.2 Å². The zero-order chi connectivity index (χ0) is 16.9. The summed E-state index contributed by atoms with van der Waals surface area (Å²) in [5, 5.41) is 7.17. The smallest absolute Gasteiger partial charge is 0.224 e. The highest BCUT2D eigenvalue weighted by atomic mass is 32.1. The van der Waals surface area contributed by atoms with Crippen LogP contribution in [0.2, 0.25) is 0 Å². The zero-order valence-corrected chi connectivity index (χ0v) is 15.4. The van der Waals surface area contributed by atoms with E-state index in [0.717, 1.165) is 42.9 Å². The summed E-state index contributed by atoms with van der Waals surface area (Å²) in [4.78, 5) is 28.1. The van der Waals surface area contributed by atoms with Crippen LogP contribution in [0, 0.1) is 0 Å². The van der Waals surface area contributed by atoms with E-state index in [4.69, 9.17) is 0 Å². The number of hydrogen-bond donors (Lipinski definition) is 1. The first-order chi connectivity index (χ1) is 11.6. The molecule has 0 aromatic carbocycles. The quantitative estimate of drug-likeness (QED) is 0.802. The van der Waals surface area contributed by atoms with Gasteiger partial charge in [-0.1, -0.05) is 6.07 Å². The molecule has 3 rings (SSSR count). The van der Waals surface area contributed by atoms with E-state index in [-0.39, 0.29) is 17.7 Å². The Hall–Kier alpha value is -1.50. The van der Waals surface area contributed by atoms with E-state index >= 15 is 0 Å². The molecular weight excluding hydrogens is 340 g/mol. The number of nitrogens with zero attached hydrogens (tertiary/aromatic N) is 1. The monoisotopic (exact) mass is 362 g/mol. The molecule has 0 aliphatic carbocycles. The van der Waals surface area contributed by atoms with Gasteiger partial charge in [0.1, 0.15) is 0 Å². The molecule has 0 saturated carbocycles. The number of carbonyl (C=O) groups excluding carboxylic acids is 2. The molecule has 0 bridgehead atoms. The van der Waals surface area contributed by atoms with Crippen LogP contribution in [0.25, 0.3) is 0 Å². The van der Waals surface area contributed by atoms with Gasteiger partial charge >= 0.3 is 0 Å². The number of nitrogens with one attached hydrogen (secondary N) is 1. The molecule has 0 spiro atoms. The van der Waals surface area contributed by atoms with Gasteiger partial charge in [-0.05, 0) is 54.8 Å². The molecule has 1 amide bonds. The van der Waals surface area contributed by atoms with Crippen molar-refractivity contribution in [1.29, 1.82) is 0 Å². The molecule has 2 aromatic rings. The van der Waals surface area contributed by atoms with Gasteiger partial charge in [0.05, 0.1) is 11.3 Å². The van der Waals surface area contributed by atoms with Gasteiger partial charge in [-0.15, -0.1) is 22.7 Å². The van der Waals surface area contributed by atoms with E-state index in [1.54, 1.807) is 18.3 Å². The third-order valence-corrected chi connectivity index (χ3v) is 6.14. The summed E-state index contributed by atoms with van der Waals surface area (Å²) in [5.74, 6) is 0.106. The van der Waals surface area contributed by atoms with Crippen molar-refractivity contribution in [2.24, 2.45) is 0 Å². The highest BCUT2D eigenvalue weighted by molar-refractivity contribution is 7.12. The van der Waals surface area contributed by atoms with Crippen LogP contribution in [-0.4, -0.2) is 35.7 Å². The van der Waals surface area contributed by atoms with Gasteiger partial charge in [-0.3, -0.25) is 14.5 Å². The topological polar surface area (TPSA) is 49.4 Å². The molecule has 2 aromatic heterocycles. The number of ketones is 1. The van der Waals surface area contributed by atoms with Gasteiger partial charge in [-0.2, -0.15) is 0 Å². The van der Waals surface area contributed by atoms with E-state index in [1.807, 2.05) is 11.4 Å². The van der Waals surface area contributed by atoms with E-state index < -0.39 is 0 Å². The number of piperidine rings is 1. The van der Waals surface area contributed by atoms with Gasteiger partial charge in [0, 0.05) is 24.0 Å². The van der Waals surface area contributed by atoms with Gasteiger partial charge in [0.2, 0.25) is 5.91 Å². The summed E-state index contributed by atoms with van der Waals surface area (Å²) in [6.07, 6.45) is 2.50. The minimum absolute atomic E-state index is 0.0471. The Labute approximate surface area is 150 Å². The van der Waals surface area contributed by atoms with Crippen molar-refractivity contribution < 1.29 is 9.59 Å². The summed E-state index contributed by atoms with van der Waals surface area (Å²) in [7, 11) is 0. The van der Waals surface area contributed by atoms with E-state index in [0.29, 0.717) is 6.42 Å². The van der Waals surface area contributed by atoms with Crippen molar-refractivity contribution in [3.63, 3.8) is 0 Å². The SMILES string of the molecule is CC(=O)c1cc(CC(=O)NC2CCCN(Cc3cccs3)C2)cs1. The Morgan fingerprint density at radius 1 is 1.38 bits per heavy atom. The third kappa shape index (κ3) is 4.75. The average Bonchev–Trinajstić information content (AvgIpc) is 3.19. The zero-order valence-electron chi connectivity index (χ0n) is 13.8. The average molecular weight is 363 g/mol. The molecule has 24 heavy (non-hydrogen) atoms. The fourth-order valence-corrected chi connectivity index (χ4v) is 4.62. The van der Waals surface area contributed by atoms with Crippen LogP contribution < -0.4 is 5.32 Å². The van der Waals surface area contributed by atoms with E-state index in [1.165, 1.54) is 16.2 Å². The van der Waals surface area contributed by atoms with Crippen molar-refractivity contribution >= 4 is 34.4 Å². The van der Waals surface area contributed by atoms with Gasteiger partial charge in [0.15, 0.2) is 5.78 Å². The number of rotatable bonds is 6. The molecule has 1 N–H and O–H groups in total. The summed E-state index contributed by atoms with van der Waals surface area (Å²) >= 11 is 3.19. The van der Waals surface area contributed by atoms with Crippen molar-refractivity contribution in [2.75, 3.05) is 13.1 Å². The molecule has 0 radical (unpaired) electrons. The molecule has 1 aliphatic rings. The first kappa shape index (κ1) is 17.3. The van der Waals surface area contributed by atoms with E-state index in [9.17, 15) is 9.59 Å². The number of Topliss-reactive ketones (excluding diaryl/α,β-unsaturated/α-hetero) is 1. The normalized spacial score (nSPS) is 18.5. The molecule has 1 atom stereocenters. The summed E-state index contributed by atoms with van der Waals surface area (Å²) in [5.41, 5.74) is 0.925. The molecule has 1 unspecified atom stereocenters. The Morgan fingerprint density at radius 3 is 2.96 bits per heavy atom. The maximum atomic E-state index is 12.3. The highest BCUT2D eigenvalue weighted by Gasteiger charge is 2.22. The Kier molecular flexibility index (Phi) is 5.81. The van der Waals surface area contributed by atoms with Crippen LogP contribution in [0.3, 0.4) is 0 Å².